The number of ether oxygens (including phenoxy) is 2. The quantitative estimate of drug-likeness (QED) is 0.803. The van der Waals surface area contributed by atoms with Gasteiger partial charge in [-0.2, -0.15) is 0 Å². The Labute approximate surface area is 155 Å². The Bertz CT molecular complexity index is 935. The lowest BCUT2D eigenvalue weighted by molar-refractivity contribution is -0.136. The molecule has 2 amide bonds. The van der Waals surface area contributed by atoms with Crippen LogP contribution < -0.4 is 20.5 Å². The van der Waals surface area contributed by atoms with E-state index < -0.39 is 17.5 Å². The molecule has 0 bridgehead atoms. The predicted octanol–water partition coefficient (Wildman–Crippen LogP) is 1.73. The molecule has 1 saturated heterocycles. The lowest BCUT2D eigenvalue weighted by atomic mass is 9.69. The van der Waals surface area contributed by atoms with E-state index in [2.05, 4.69) is 10.3 Å². The number of carbonyl (C=O) groups is 2. The molecule has 1 saturated carbocycles. The maximum atomic E-state index is 14.4. The first kappa shape index (κ1) is 17.5. The minimum absolute atomic E-state index is 0.220. The Morgan fingerprint density at radius 3 is 2.93 bits per heavy atom. The minimum Gasteiger partial charge on any atom is -0.496 e. The summed E-state index contributed by atoms with van der Waals surface area (Å²) in [5.41, 5.74) is 3.97. The molecule has 0 radical (unpaired) electrons. The van der Waals surface area contributed by atoms with Crippen molar-refractivity contribution in [1.29, 1.82) is 0 Å². The van der Waals surface area contributed by atoms with Crippen molar-refractivity contribution in [2.45, 2.75) is 31.0 Å². The van der Waals surface area contributed by atoms with Crippen LogP contribution in [0.25, 0.3) is 10.8 Å². The topological polar surface area (TPSA) is 104 Å². The number of methoxy groups -OCH3 is 1. The average Bonchev–Trinajstić information content (AvgIpc) is 2.80. The molecular weight excluding hydrogens is 353 g/mol. The Morgan fingerprint density at radius 1 is 1.48 bits per heavy atom. The fraction of sp³-hybridized carbons (Fsp3) is 0.421. The van der Waals surface area contributed by atoms with Crippen LogP contribution in [0, 0.1) is 5.92 Å². The molecule has 2 heterocycles. The maximum absolute atomic E-state index is 14.4. The zero-order valence-corrected chi connectivity index (χ0v) is 14.8. The fourth-order valence-corrected chi connectivity index (χ4v) is 3.96. The van der Waals surface area contributed by atoms with E-state index in [1.165, 1.54) is 7.11 Å². The van der Waals surface area contributed by atoms with Crippen molar-refractivity contribution in [2.24, 2.45) is 11.7 Å². The molecule has 1 aromatic carbocycles. The van der Waals surface area contributed by atoms with Gasteiger partial charge in [-0.3, -0.25) is 9.59 Å². The number of fused-ring (bicyclic) bond motifs is 2. The second-order valence-electron chi connectivity index (χ2n) is 6.98. The van der Waals surface area contributed by atoms with Crippen LogP contribution in [0.1, 0.15) is 29.6 Å². The number of primary amides is 1. The number of amides is 2. The molecule has 2 aromatic rings. The number of benzene rings is 1. The molecule has 27 heavy (non-hydrogen) atoms. The summed E-state index contributed by atoms with van der Waals surface area (Å²) >= 11 is 0. The van der Waals surface area contributed by atoms with E-state index in [0.29, 0.717) is 36.3 Å². The largest absolute Gasteiger partial charge is 0.496 e. The number of carbonyl (C=O) groups excluding carboxylic acids is 2. The zero-order chi connectivity index (χ0) is 19.2. The van der Waals surface area contributed by atoms with Crippen LogP contribution in [0.3, 0.4) is 0 Å². The van der Waals surface area contributed by atoms with Gasteiger partial charge in [-0.05, 0) is 36.4 Å². The summed E-state index contributed by atoms with van der Waals surface area (Å²) < 4.78 is 25.4. The van der Waals surface area contributed by atoms with Crippen LogP contribution >= 0.6 is 0 Å². The summed E-state index contributed by atoms with van der Waals surface area (Å²) in [6.07, 6.45) is 3.08. The molecule has 1 aliphatic heterocycles. The van der Waals surface area contributed by atoms with Crippen LogP contribution in [0.4, 0.5) is 4.39 Å². The van der Waals surface area contributed by atoms with Gasteiger partial charge in [0.25, 0.3) is 11.8 Å². The molecule has 7 nitrogen and oxygen atoms in total. The van der Waals surface area contributed by atoms with E-state index in [0.717, 1.165) is 5.39 Å². The summed E-state index contributed by atoms with van der Waals surface area (Å²) in [5.74, 6) is -0.637. The number of nitrogens with zero attached hydrogens (tertiary/aromatic N) is 1. The molecule has 3 atom stereocenters. The first-order chi connectivity index (χ1) is 12.9. The van der Waals surface area contributed by atoms with Gasteiger partial charge in [0.05, 0.1) is 19.3 Å². The smallest absolute Gasteiger partial charge is 0.258 e. The van der Waals surface area contributed by atoms with Crippen molar-refractivity contribution in [3.63, 3.8) is 0 Å². The summed E-state index contributed by atoms with van der Waals surface area (Å²) in [6, 6.07) is 4.82. The highest BCUT2D eigenvalue weighted by Gasteiger charge is 2.61. The Hall–Kier alpha value is -2.90. The van der Waals surface area contributed by atoms with E-state index in [4.69, 9.17) is 15.2 Å². The number of halogens is 1. The lowest BCUT2D eigenvalue weighted by Gasteiger charge is -2.36. The van der Waals surface area contributed by atoms with Crippen LogP contribution in [-0.2, 0) is 4.79 Å². The molecule has 1 aromatic heterocycles. The SMILES string of the molecule is COc1cc2c(OCC[C@H]3NC(=O)[C@]4(F)CC[C@H]34)nccc2cc1C(N)=O. The zero-order valence-electron chi connectivity index (χ0n) is 14.8. The van der Waals surface area contributed by atoms with Gasteiger partial charge < -0.3 is 20.5 Å². The second kappa shape index (κ2) is 6.37. The van der Waals surface area contributed by atoms with E-state index in [1.807, 2.05) is 0 Å². The summed E-state index contributed by atoms with van der Waals surface area (Å²) in [5, 5.41) is 4.15. The van der Waals surface area contributed by atoms with Crippen LogP contribution in [0.5, 0.6) is 11.6 Å². The van der Waals surface area contributed by atoms with Gasteiger partial charge in [0, 0.05) is 30.0 Å². The molecule has 142 valence electrons. The molecule has 0 spiro atoms. The van der Waals surface area contributed by atoms with Crippen molar-refractivity contribution in [1.82, 2.24) is 10.3 Å². The molecule has 3 N–H and O–H groups in total. The molecule has 0 unspecified atom stereocenters. The monoisotopic (exact) mass is 373 g/mol. The van der Waals surface area contributed by atoms with Crippen molar-refractivity contribution in [3.8, 4) is 11.6 Å². The minimum atomic E-state index is -1.69. The maximum Gasteiger partial charge on any atom is 0.258 e. The van der Waals surface area contributed by atoms with Gasteiger partial charge in [-0.15, -0.1) is 0 Å². The first-order valence-electron chi connectivity index (χ1n) is 8.83. The normalized spacial score (nSPS) is 26.2. The third kappa shape index (κ3) is 2.75. The number of alkyl halides is 1. The molecule has 4 rings (SSSR count). The summed E-state index contributed by atoms with van der Waals surface area (Å²) in [4.78, 5) is 27.6. The van der Waals surface area contributed by atoms with E-state index in [-0.39, 0.29) is 24.1 Å². The van der Waals surface area contributed by atoms with Crippen molar-refractivity contribution < 1.29 is 23.5 Å². The predicted molar refractivity (Wildman–Crippen MR) is 95.4 cm³/mol. The number of rotatable bonds is 6. The highest BCUT2D eigenvalue weighted by molar-refractivity contribution is 6.01. The van der Waals surface area contributed by atoms with Gasteiger partial charge in [0.15, 0.2) is 5.67 Å². The standard InChI is InChI=1S/C19H20FN3O4/c1-26-15-9-11-10(8-12(15)16(21)24)3-6-22-17(11)27-7-4-14-13-2-5-19(13,20)18(25)23-14/h3,6,8-9,13-14H,2,4-5,7H2,1H3,(H2,21,24)(H,23,25)/t13-,14-,19+/m1/s1. The van der Waals surface area contributed by atoms with E-state index in [9.17, 15) is 14.0 Å². The van der Waals surface area contributed by atoms with Gasteiger partial charge in [-0.25, -0.2) is 9.37 Å². The summed E-state index contributed by atoms with van der Waals surface area (Å²) in [7, 11) is 1.45. The van der Waals surface area contributed by atoms with Gasteiger partial charge in [0.2, 0.25) is 5.88 Å². The molecular formula is C19H20FN3O4. The van der Waals surface area contributed by atoms with Gasteiger partial charge in [0.1, 0.15) is 5.75 Å². The second-order valence-corrected chi connectivity index (χ2v) is 6.98. The fourth-order valence-electron chi connectivity index (χ4n) is 3.96. The van der Waals surface area contributed by atoms with Crippen LogP contribution in [0.2, 0.25) is 0 Å². The molecule has 8 heteroatoms. The highest BCUT2D eigenvalue weighted by atomic mass is 19.1. The van der Waals surface area contributed by atoms with Crippen molar-refractivity contribution in [2.75, 3.05) is 13.7 Å². The Morgan fingerprint density at radius 2 is 2.30 bits per heavy atom. The van der Waals surface area contributed by atoms with E-state index in [1.54, 1.807) is 24.4 Å². The third-order valence-electron chi connectivity index (χ3n) is 5.57. The number of pyridine rings is 1. The first-order valence-corrected chi connectivity index (χ1v) is 8.83. The molecule has 2 aliphatic rings. The van der Waals surface area contributed by atoms with Crippen molar-refractivity contribution in [3.05, 3.63) is 30.0 Å². The van der Waals surface area contributed by atoms with E-state index >= 15 is 0 Å². The number of hydrogen-bond acceptors (Lipinski definition) is 5. The lowest BCUT2D eigenvalue weighted by Crippen LogP contribution is -2.46. The molecule has 1 aliphatic carbocycles. The number of nitrogens with one attached hydrogen (secondary N) is 1. The third-order valence-corrected chi connectivity index (χ3v) is 5.57. The Balaban J connectivity index is 1.51. The Kier molecular flexibility index (Phi) is 4.13. The van der Waals surface area contributed by atoms with Crippen LogP contribution in [-0.4, -0.2) is 42.2 Å². The highest BCUT2D eigenvalue weighted by Crippen LogP contribution is 2.48. The number of hydrogen-bond donors (Lipinski definition) is 2. The number of aromatic nitrogens is 1. The summed E-state index contributed by atoms with van der Waals surface area (Å²) in [6.45, 7) is 0.281. The number of nitrogens with two attached hydrogens (primary N) is 1. The van der Waals surface area contributed by atoms with Gasteiger partial charge in [-0.1, -0.05) is 0 Å². The van der Waals surface area contributed by atoms with Crippen molar-refractivity contribution >= 4 is 22.6 Å². The molecule has 2 fully saturated rings. The van der Waals surface area contributed by atoms with Crippen LogP contribution in [0.15, 0.2) is 24.4 Å². The van der Waals surface area contributed by atoms with Gasteiger partial charge >= 0.3 is 0 Å². The average molecular weight is 373 g/mol.